The fourth-order valence-electron chi connectivity index (χ4n) is 1.73. The van der Waals surface area contributed by atoms with E-state index < -0.39 is 5.82 Å². The molecule has 0 spiro atoms. The Morgan fingerprint density at radius 2 is 1.89 bits per heavy atom. The maximum absolute atomic E-state index is 13.6. The summed E-state index contributed by atoms with van der Waals surface area (Å²) >= 11 is 0. The van der Waals surface area contributed by atoms with Crippen LogP contribution in [0.5, 0.6) is 0 Å². The van der Waals surface area contributed by atoms with Crippen molar-refractivity contribution in [1.82, 2.24) is 9.97 Å². The second kappa shape index (κ2) is 5.65. The van der Waals surface area contributed by atoms with Crippen LogP contribution in [-0.4, -0.2) is 17.0 Å². The molecule has 5 heteroatoms. The lowest BCUT2D eigenvalue weighted by molar-refractivity contribution is 0.614. The van der Waals surface area contributed by atoms with E-state index in [0.717, 1.165) is 11.8 Å². The number of halogens is 1. The number of anilines is 2. The minimum Gasteiger partial charge on any atom is -0.361 e. The van der Waals surface area contributed by atoms with Crippen LogP contribution >= 0.6 is 0 Å². The van der Waals surface area contributed by atoms with Gasteiger partial charge in [0.15, 0.2) is 11.6 Å². The summed E-state index contributed by atoms with van der Waals surface area (Å²) in [6.07, 6.45) is 1.16. The molecule has 2 N–H and O–H groups in total. The summed E-state index contributed by atoms with van der Waals surface area (Å²) < 4.78 is 13.6. The van der Waals surface area contributed by atoms with Crippen molar-refractivity contribution in [2.45, 2.75) is 19.9 Å². The highest BCUT2D eigenvalue weighted by Gasteiger charge is 2.11. The summed E-state index contributed by atoms with van der Waals surface area (Å²) in [7, 11) is 1.69. The van der Waals surface area contributed by atoms with Crippen LogP contribution in [0.2, 0.25) is 0 Å². The summed E-state index contributed by atoms with van der Waals surface area (Å²) in [4.78, 5) is 7.88. The molecule has 1 heterocycles. The molecule has 19 heavy (non-hydrogen) atoms. The van der Waals surface area contributed by atoms with Gasteiger partial charge < -0.3 is 10.6 Å². The van der Waals surface area contributed by atoms with Gasteiger partial charge in [-0.15, -0.1) is 0 Å². The molecule has 4 nitrogen and oxygen atoms in total. The minimum atomic E-state index is -0.460. The molecule has 1 aromatic carbocycles. The average Bonchev–Trinajstić information content (AvgIpc) is 2.42. The minimum absolute atomic E-state index is 0.0327. The van der Waals surface area contributed by atoms with Gasteiger partial charge >= 0.3 is 0 Å². The SMILES string of the molecule is CNc1ncc(F)c(NC(C)c2ccc(C)cc2)n1. The van der Waals surface area contributed by atoms with E-state index in [0.29, 0.717) is 5.95 Å². The van der Waals surface area contributed by atoms with Gasteiger partial charge in [-0.3, -0.25) is 0 Å². The maximum atomic E-state index is 13.6. The second-order valence-corrected chi connectivity index (χ2v) is 4.42. The van der Waals surface area contributed by atoms with Gasteiger partial charge in [0.05, 0.1) is 12.2 Å². The van der Waals surface area contributed by atoms with E-state index in [-0.39, 0.29) is 11.9 Å². The van der Waals surface area contributed by atoms with E-state index in [1.54, 1.807) is 7.05 Å². The van der Waals surface area contributed by atoms with Gasteiger partial charge in [-0.1, -0.05) is 29.8 Å². The molecule has 1 atom stereocenters. The summed E-state index contributed by atoms with van der Waals surface area (Å²) in [5.41, 5.74) is 2.27. The van der Waals surface area contributed by atoms with Crippen LogP contribution in [-0.2, 0) is 0 Å². The van der Waals surface area contributed by atoms with Gasteiger partial charge in [-0.2, -0.15) is 4.98 Å². The third-order valence-electron chi connectivity index (χ3n) is 2.90. The molecule has 0 aliphatic carbocycles. The molecule has 2 rings (SSSR count). The van der Waals surface area contributed by atoms with Gasteiger partial charge in [0.2, 0.25) is 5.95 Å². The Labute approximate surface area is 112 Å². The second-order valence-electron chi connectivity index (χ2n) is 4.42. The van der Waals surface area contributed by atoms with Gasteiger partial charge in [-0.25, -0.2) is 9.37 Å². The van der Waals surface area contributed by atoms with E-state index in [1.807, 2.05) is 38.1 Å². The van der Waals surface area contributed by atoms with Crippen molar-refractivity contribution in [3.8, 4) is 0 Å². The third kappa shape index (κ3) is 3.19. The van der Waals surface area contributed by atoms with Gasteiger partial charge in [0.1, 0.15) is 0 Å². The lowest BCUT2D eigenvalue weighted by Crippen LogP contribution is -2.11. The average molecular weight is 260 g/mol. The molecular weight excluding hydrogens is 243 g/mol. The fraction of sp³-hybridized carbons (Fsp3) is 0.286. The zero-order chi connectivity index (χ0) is 13.8. The Morgan fingerprint density at radius 1 is 1.21 bits per heavy atom. The molecule has 0 amide bonds. The largest absolute Gasteiger partial charge is 0.361 e. The molecule has 0 saturated heterocycles. The van der Waals surface area contributed by atoms with E-state index in [9.17, 15) is 4.39 Å². The molecule has 1 aromatic heterocycles. The predicted octanol–water partition coefficient (Wildman–Crippen LogP) is 3.14. The smallest absolute Gasteiger partial charge is 0.224 e. The highest BCUT2D eigenvalue weighted by atomic mass is 19.1. The van der Waals surface area contributed by atoms with Crippen molar-refractivity contribution in [1.29, 1.82) is 0 Å². The molecule has 0 fully saturated rings. The third-order valence-corrected chi connectivity index (χ3v) is 2.90. The quantitative estimate of drug-likeness (QED) is 0.886. The summed E-state index contributed by atoms with van der Waals surface area (Å²) in [6.45, 7) is 4.00. The first-order valence-electron chi connectivity index (χ1n) is 6.13. The zero-order valence-electron chi connectivity index (χ0n) is 11.2. The van der Waals surface area contributed by atoms with Crippen LogP contribution in [0.15, 0.2) is 30.5 Å². The highest BCUT2D eigenvalue weighted by molar-refractivity contribution is 5.43. The Hall–Kier alpha value is -2.17. The first-order valence-corrected chi connectivity index (χ1v) is 6.13. The number of nitrogens with one attached hydrogen (secondary N) is 2. The van der Waals surface area contributed by atoms with Gasteiger partial charge in [0, 0.05) is 7.05 Å². The number of hydrogen-bond acceptors (Lipinski definition) is 4. The Morgan fingerprint density at radius 3 is 2.53 bits per heavy atom. The summed E-state index contributed by atoms with van der Waals surface area (Å²) in [5.74, 6) is 0.130. The number of nitrogens with zero attached hydrogens (tertiary/aromatic N) is 2. The summed E-state index contributed by atoms with van der Waals surface area (Å²) in [5, 5.41) is 5.84. The molecule has 2 aromatic rings. The molecule has 0 radical (unpaired) electrons. The first kappa shape index (κ1) is 13.3. The van der Waals surface area contributed by atoms with Crippen LogP contribution in [0, 0.1) is 12.7 Å². The topological polar surface area (TPSA) is 49.8 Å². The van der Waals surface area contributed by atoms with Crippen LogP contribution in [0.1, 0.15) is 24.1 Å². The van der Waals surface area contributed by atoms with E-state index in [2.05, 4.69) is 20.6 Å². The lowest BCUT2D eigenvalue weighted by atomic mass is 10.1. The van der Waals surface area contributed by atoms with Crippen LogP contribution in [0.4, 0.5) is 16.2 Å². The monoisotopic (exact) mass is 260 g/mol. The zero-order valence-corrected chi connectivity index (χ0v) is 11.2. The molecule has 0 bridgehead atoms. The first-order chi connectivity index (χ1) is 9.10. The van der Waals surface area contributed by atoms with Crippen molar-refractivity contribution in [2.24, 2.45) is 0 Å². The molecule has 0 aliphatic heterocycles. The standard InChI is InChI=1S/C14H17FN4/c1-9-4-6-11(7-5-9)10(2)18-13-12(15)8-17-14(16-3)19-13/h4-8,10H,1-3H3,(H2,16,17,18,19). The highest BCUT2D eigenvalue weighted by Crippen LogP contribution is 2.20. The Kier molecular flexibility index (Phi) is 3.94. The van der Waals surface area contributed by atoms with Crippen LogP contribution in [0.3, 0.4) is 0 Å². The van der Waals surface area contributed by atoms with Gasteiger partial charge in [0.25, 0.3) is 0 Å². The normalized spacial score (nSPS) is 12.0. The lowest BCUT2D eigenvalue weighted by Gasteiger charge is -2.16. The molecular formula is C14H17FN4. The van der Waals surface area contributed by atoms with Crippen molar-refractivity contribution in [2.75, 3.05) is 17.7 Å². The number of aromatic nitrogens is 2. The number of aryl methyl sites for hydroxylation is 1. The number of hydrogen-bond donors (Lipinski definition) is 2. The van der Waals surface area contributed by atoms with Crippen molar-refractivity contribution < 1.29 is 4.39 Å². The van der Waals surface area contributed by atoms with E-state index in [1.165, 1.54) is 5.56 Å². The predicted molar refractivity (Wildman–Crippen MR) is 74.8 cm³/mol. The van der Waals surface area contributed by atoms with Gasteiger partial charge in [-0.05, 0) is 19.4 Å². The Balaban J connectivity index is 2.18. The number of rotatable bonds is 4. The van der Waals surface area contributed by atoms with E-state index in [4.69, 9.17) is 0 Å². The summed E-state index contributed by atoms with van der Waals surface area (Å²) in [6, 6.07) is 8.07. The molecule has 100 valence electrons. The molecule has 0 aliphatic rings. The van der Waals surface area contributed by atoms with Crippen molar-refractivity contribution in [3.63, 3.8) is 0 Å². The fourth-order valence-corrected chi connectivity index (χ4v) is 1.73. The van der Waals surface area contributed by atoms with Crippen LogP contribution < -0.4 is 10.6 Å². The van der Waals surface area contributed by atoms with E-state index >= 15 is 0 Å². The van der Waals surface area contributed by atoms with Crippen LogP contribution in [0.25, 0.3) is 0 Å². The maximum Gasteiger partial charge on any atom is 0.224 e. The Bertz CT molecular complexity index is 554. The molecule has 1 unspecified atom stereocenters. The van der Waals surface area contributed by atoms with Crippen molar-refractivity contribution >= 4 is 11.8 Å². The molecule has 0 saturated carbocycles. The number of benzene rings is 1. The van der Waals surface area contributed by atoms with Crippen molar-refractivity contribution in [3.05, 3.63) is 47.4 Å².